The molecule has 15 nitrogen and oxygen atoms in total. The topological polar surface area (TPSA) is 185 Å². The number of rotatable bonds is 19. The molecule has 364 valence electrons. The number of aromatic nitrogens is 1. The Morgan fingerprint density at radius 2 is 1.51 bits per heavy atom. The number of anilines is 2. The van der Waals surface area contributed by atoms with Crippen LogP contribution in [0.4, 0.5) is 11.4 Å². The Morgan fingerprint density at radius 3 is 2.33 bits per heavy atom. The van der Waals surface area contributed by atoms with E-state index in [1.807, 2.05) is 6.07 Å². The molecule has 0 aliphatic carbocycles. The van der Waals surface area contributed by atoms with Gasteiger partial charge in [0.1, 0.15) is 30.7 Å². The number of aryl methyl sites for hydroxylation is 2. The van der Waals surface area contributed by atoms with Crippen molar-refractivity contribution in [3.63, 3.8) is 0 Å². The highest BCUT2D eigenvalue weighted by Gasteiger charge is 2.36. The zero-order valence-electron chi connectivity index (χ0n) is 39.5. The number of benzene rings is 4. The van der Waals surface area contributed by atoms with Crippen molar-refractivity contribution in [1.29, 1.82) is 5.26 Å². The van der Waals surface area contributed by atoms with Crippen LogP contribution in [0.5, 0.6) is 11.5 Å². The van der Waals surface area contributed by atoms with Gasteiger partial charge in [-0.3, -0.25) is 9.59 Å². The van der Waals surface area contributed by atoms with Gasteiger partial charge in [-0.15, -0.1) is 11.3 Å². The number of carbonyl (C=O) groups is 3. The summed E-state index contributed by atoms with van der Waals surface area (Å²) >= 11 is 1.28. The van der Waals surface area contributed by atoms with Crippen LogP contribution in [-0.4, -0.2) is 113 Å². The first-order valence-electron chi connectivity index (χ1n) is 24.8. The molecule has 0 radical (unpaired) electrons. The van der Waals surface area contributed by atoms with Crippen LogP contribution >= 0.6 is 11.3 Å². The molecule has 2 amide bonds. The number of thiazole rings is 1. The average molecular weight is 968 g/mol. The molecule has 5 aromatic rings. The molecule has 5 aliphatic heterocycles. The third-order valence-electron chi connectivity index (χ3n) is 13.9. The lowest BCUT2D eigenvalue weighted by Crippen LogP contribution is -2.41. The molecule has 3 N–H and O–H groups in total. The Kier molecular flexibility index (Phi) is 14.8. The second-order valence-corrected chi connectivity index (χ2v) is 19.5. The number of carboxylic acid groups (broad SMARTS) is 1. The van der Waals surface area contributed by atoms with Crippen molar-refractivity contribution in [3.05, 3.63) is 109 Å². The van der Waals surface area contributed by atoms with Gasteiger partial charge in [-0.25, -0.2) is 14.4 Å². The number of carboxylic acids is 1. The van der Waals surface area contributed by atoms with Crippen molar-refractivity contribution < 1.29 is 43.2 Å². The van der Waals surface area contributed by atoms with Gasteiger partial charge < -0.3 is 44.3 Å². The van der Waals surface area contributed by atoms with E-state index < -0.39 is 5.97 Å². The van der Waals surface area contributed by atoms with Crippen LogP contribution < -0.4 is 35.4 Å². The van der Waals surface area contributed by atoms with E-state index in [4.69, 9.17) is 28.9 Å². The number of aromatic carboxylic acids is 1. The van der Waals surface area contributed by atoms with Crippen LogP contribution in [-0.2, 0) is 49.4 Å². The maximum absolute atomic E-state index is 13.8. The molecule has 16 heteroatoms. The molecule has 0 saturated heterocycles. The summed E-state index contributed by atoms with van der Waals surface area (Å²) < 4.78 is 33.1. The highest BCUT2D eigenvalue weighted by Crippen LogP contribution is 2.48. The fourth-order valence-electron chi connectivity index (χ4n) is 10.7. The van der Waals surface area contributed by atoms with E-state index in [-0.39, 0.29) is 43.6 Å². The van der Waals surface area contributed by atoms with E-state index >= 15 is 0 Å². The predicted octanol–water partition coefficient (Wildman–Crippen LogP) is 5.91. The highest BCUT2D eigenvalue weighted by molar-refractivity contribution is 7.19. The second-order valence-electron chi connectivity index (χ2n) is 18.4. The van der Waals surface area contributed by atoms with Crippen LogP contribution in [0, 0.1) is 11.3 Å². The maximum atomic E-state index is 13.8. The second kappa shape index (κ2) is 21.8. The van der Waals surface area contributed by atoms with Crippen LogP contribution in [0.2, 0.25) is 0 Å². The minimum absolute atomic E-state index is 0.153. The maximum Gasteiger partial charge on any atom is 0.336 e. The van der Waals surface area contributed by atoms with Crippen molar-refractivity contribution in [2.75, 3.05) is 95.8 Å². The molecule has 4 aromatic carbocycles. The van der Waals surface area contributed by atoms with Crippen molar-refractivity contribution in [3.8, 4) is 17.6 Å². The summed E-state index contributed by atoms with van der Waals surface area (Å²) in [5.41, 5.74) is 10.5. The van der Waals surface area contributed by atoms with E-state index in [1.165, 1.54) is 44.6 Å². The fraction of sp³-hybridized carbons (Fsp3) is 0.444. The lowest BCUT2D eigenvalue weighted by atomic mass is 9.82. The molecule has 0 spiro atoms. The van der Waals surface area contributed by atoms with Crippen LogP contribution in [0.25, 0.3) is 15.8 Å². The smallest absolute Gasteiger partial charge is 0.336 e. The number of nitrogens with zero attached hydrogens (tertiary/aromatic N) is 4. The highest BCUT2D eigenvalue weighted by atomic mass is 32.1. The number of amides is 2. The number of fused-ring (bicyclic) bond motifs is 5. The van der Waals surface area contributed by atoms with Gasteiger partial charge >= 0.3 is 5.97 Å². The molecule has 0 unspecified atom stereocenters. The normalized spacial score (nSPS) is 15.7. The molecular weight excluding hydrogens is 909 g/mol. The van der Waals surface area contributed by atoms with Crippen LogP contribution in [0.15, 0.2) is 48.5 Å². The molecule has 6 heterocycles. The van der Waals surface area contributed by atoms with E-state index in [0.29, 0.717) is 61.5 Å². The summed E-state index contributed by atoms with van der Waals surface area (Å²) in [7, 11) is 0. The minimum Gasteiger partial charge on any atom is -0.478 e. The lowest BCUT2D eigenvalue weighted by molar-refractivity contribution is -0.117. The predicted molar refractivity (Wildman–Crippen MR) is 266 cm³/mol. The molecule has 0 fully saturated rings. The summed E-state index contributed by atoms with van der Waals surface area (Å²) in [6.45, 7) is 7.07. The lowest BCUT2D eigenvalue weighted by Gasteiger charge is -2.35. The molecule has 5 aliphatic rings. The summed E-state index contributed by atoms with van der Waals surface area (Å²) in [5, 5.41) is 28.3. The Labute approximate surface area is 410 Å². The number of ether oxygens (including phenoxy) is 5. The van der Waals surface area contributed by atoms with E-state index in [2.05, 4.69) is 37.2 Å². The molecular formula is C54H59N6O9S+. The molecule has 1 aromatic heterocycles. The molecule has 0 atom stereocenters. The summed E-state index contributed by atoms with van der Waals surface area (Å²) in [4.78, 5) is 46.1. The van der Waals surface area contributed by atoms with Gasteiger partial charge in [-0.2, -0.15) is 5.26 Å². The van der Waals surface area contributed by atoms with Gasteiger partial charge in [0.2, 0.25) is 11.3 Å². The summed E-state index contributed by atoms with van der Waals surface area (Å²) in [6.07, 6.45) is 10.4. The number of hydrogen-bond acceptors (Lipinski definition) is 12. The Hall–Kier alpha value is -6.22. The number of carbonyl (C=O) groups excluding carboxylic acids is 2. The first-order valence-corrected chi connectivity index (χ1v) is 25.7. The molecule has 0 saturated carbocycles. The van der Waals surface area contributed by atoms with Crippen molar-refractivity contribution >= 4 is 56.3 Å². The van der Waals surface area contributed by atoms with E-state index in [1.54, 1.807) is 36.4 Å². The third kappa shape index (κ3) is 10.2. The van der Waals surface area contributed by atoms with Gasteiger partial charge in [0.15, 0.2) is 5.01 Å². The van der Waals surface area contributed by atoms with E-state index in [0.717, 1.165) is 128 Å². The van der Waals surface area contributed by atoms with Gasteiger partial charge in [0, 0.05) is 76.9 Å². The van der Waals surface area contributed by atoms with Crippen molar-refractivity contribution in [2.45, 2.75) is 70.6 Å². The first-order chi connectivity index (χ1) is 34.3. The van der Waals surface area contributed by atoms with Gasteiger partial charge in [0.05, 0.1) is 80.6 Å². The van der Waals surface area contributed by atoms with Crippen molar-refractivity contribution in [2.24, 2.45) is 0 Å². The Balaban J connectivity index is 0.734. The van der Waals surface area contributed by atoms with E-state index in [9.17, 15) is 19.5 Å². The SMILES string of the molecule is N#Cc1nc2ccc(NC(=O)CCOCCOCCOCCOCCNC(=O)c3ccc(C(=O)O)c(C4=c5cc6c7c(c5Oc5c4cc4c8c5CCCN8CCCC4)CCC[N+]=7CCCC6)c3)cc2s1. The molecule has 0 bridgehead atoms. The number of hydrogen-bond donors (Lipinski definition) is 3. The van der Waals surface area contributed by atoms with Crippen LogP contribution in [0.3, 0.4) is 0 Å². The average Bonchev–Trinajstić information content (AvgIpc) is 3.52. The monoisotopic (exact) mass is 967 g/mol. The summed E-state index contributed by atoms with van der Waals surface area (Å²) in [6, 6.07) is 16.9. The fourth-order valence-corrected chi connectivity index (χ4v) is 11.5. The van der Waals surface area contributed by atoms with Gasteiger partial charge in [0.25, 0.3) is 5.91 Å². The Bertz CT molecular complexity index is 3020. The zero-order valence-corrected chi connectivity index (χ0v) is 40.3. The van der Waals surface area contributed by atoms with Gasteiger partial charge in [-0.1, -0.05) is 0 Å². The minimum atomic E-state index is -1.04. The zero-order chi connectivity index (χ0) is 48.0. The largest absolute Gasteiger partial charge is 0.478 e. The van der Waals surface area contributed by atoms with Gasteiger partial charge in [-0.05, 0) is 111 Å². The quantitative estimate of drug-likeness (QED) is 0.0646. The molecule has 10 rings (SSSR count). The third-order valence-corrected chi connectivity index (χ3v) is 14.8. The standard InChI is InChI=1S/C54H58N6O9S/c55-33-47-58-44-14-12-37(32-45(44)70-47)57-46(61)15-21-65-23-25-67-27-28-68-26-24-66-22-16-56-53(62)36-11-13-38(54(63)64)41(31-36)48-42-29-34-7-1-3-17-59-19-5-9-39(49(34)59)51(42)69-52-40-10-6-20-60-18-4-2-8-35(50(40)60)30-43(48)52/h11-14,29-32H,1-10,15-28H2,(H2-,56,57,61,62,63,64)/p+1. The molecule has 70 heavy (non-hydrogen) atoms. The Morgan fingerprint density at radius 1 is 0.771 bits per heavy atom. The number of nitrogens with one attached hydrogen (secondary N) is 2. The summed E-state index contributed by atoms with van der Waals surface area (Å²) in [5.74, 6) is 0.166. The van der Waals surface area contributed by atoms with Crippen LogP contribution in [0.1, 0.15) is 104 Å². The van der Waals surface area contributed by atoms with Crippen molar-refractivity contribution in [1.82, 2.24) is 14.9 Å². The number of nitriles is 1. The first kappa shape index (κ1) is 47.5.